The number of unbranched alkanes of at least 4 members (excludes halogenated alkanes) is 3. The Balaban J connectivity index is 1.23. The first-order valence-electron chi connectivity index (χ1n) is 13.9. The zero-order valence-electron chi connectivity index (χ0n) is 24.0. The number of ether oxygens (including phenoxy) is 4. The standard InChI is InChI=1S/C32H38ClN3O5/c1-38-28-21-23(22-29(39-2)31(28)40-3)32(37)34-18-8-4-5-13-30-35-26-11-6-7-12-27(26)36(30)19-9-10-20-41-25-16-14-24(33)15-17-25/h6-7,11-12,14-17,21-22H,4-5,8-10,13,18-20H2,1-3H3,(H,34,37). The summed E-state index contributed by atoms with van der Waals surface area (Å²) in [5.74, 6) is 3.13. The number of amides is 1. The highest BCUT2D eigenvalue weighted by Crippen LogP contribution is 2.38. The molecule has 1 heterocycles. The Kier molecular flexibility index (Phi) is 11.1. The maximum atomic E-state index is 12.7. The van der Waals surface area contributed by atoms with Crippen LogP contribution < -0.4 is 24.3 Å². The van der Waals surface area contributed by atoms with Gasteiger partial charge in [0, 0.05) is 30.1 Å². The minimum atomic E-state index is -0.175. The van der Waals surface area contributed by atoms with Crippen LogP contribution in [0, 0.1) is 0 Å². The summed E-state index contributed by atoms with van der Waals surface area (Å²) in [7, 11) is 4.60. The molecule has 4 aromatic rings. The number of methoxy groups -OCH3 is 3. The molecule has 0 unspecified atom stereocenters. The third kappa shape index (κ3) is 8.07. The number of halogens is 1. The lowest BCUT2D eigenvalue weighted by Gasteiger charge is -2.14. The molecule has 218 valence electrons. The lowest BCUT2D eigenvalue weighted by Crippen LogP contribution is -2.24. The molecule has 0 aliphatic carbocycles. The van der Waals surface area contributed by atoms with Crippen LogP contribution in [0.3, 0.4) is 0 Å². The third-order valence-corrected chi connectivity index (χ3v) is 7.13. The number of aryl methyl sites for hydroxylation is 2. The Morgan fingerprint density at radius 3 is 2.32 bits per heavy atom. The topological polar surface area (TPSA) is 83.8 Å². The van der Waals surface area contributed by atoms with Crippen LogP contribution in [0.1, 0.15) is 48.3 Å². The van der Waals surface area contributed by atoms with Crippen molar-refractivity contribution in [2.75, 3.05) is 34.5 Å². The number of fused-ring (bicyclic) bond motifs is 1. The summed E-state index contributed by atoms with van der Waals surface area (Å²) in [6, 6.07) is 19.1. The molecule has 9 heteroatoms. The summed E-state index contributed by atoms with van der Waals surface area (Å²) in [4.78, 5) is 17.6. The average molecular weight is 580 g/mol. The molecule has 4 rings (SSSR count). The van der Waals surface area contributed by atoms with Crippen molar-refractivity contribution in [1.29, 1.82) is 0 Å². The van der Waals surface area contributed by atoms with E-state index in [1.165, 1.54) is 26.8 Å². The van der Waals surface area contributed by atoms with Crippen LogP contribution in [0.2, 0.25) is 5.02 Å². The second kappa shape index (κ2) is 15.2. The predicted octanol–water partition coefficient (Wildman–Crippen LogP) is 6.72. The molecule has 0 fully saturated rings. The van der Waals surface area contributed by atoms with Crippen molar-refractivity contribution in [2.45, 2.75) is 45.1 Å². The van der Waals surface area contributed by atoms with Crippen molar-refractivity contribution in [1.82, 2.24) is 14.9 Å². The van der Waals surface area contributed by atoms with E-state index >= 15 is 0 Å². The molecule has 3 aromatic carbocycles. The highest BCUT2D eigenvalue weighted by molar-refractivity contribution is 6.30. The molecule has 0 saturated carbocycles. The highest BCUT2D eigenvalue weighted by atomic mass is 35.5. The van der Waals surface area contributed by atoms with Crippen LogP contribution in [0.15, 0.2) is 60.7 Å². The van der Waals surface area contributed by atoms with Gasteiger partial charge in [0.05, 0.1) is 39.0 Å². The van der Waals surface area contributed by atoms with E-state index in [0.29, 0.717) is 41.0 Å². The van der Waals surface area contributed by atoms with Crippen LogP contribution in [-0.2, 0) is 13.0 Å². The monoisotopic (exact) mass is 579 g/mol. The number of carbonyl (C=O) groups is 1. The first-order valence-corrected chi connectivity index (χ1v) is 14.3. The maximum Gasteiger partial charge on any atom is 0.251 e. The van der Waals surface area contributed by atoms with E-state index < -0.39 is 0 Å². The summed E-state index contributed by atoms with van der Waals surface area (Å²) in [6.07, 6.45) is 5.67. The van der Waals surface area contributed by atoms with E-state index in [2.05, 4.69) is 28.1 Å². The van der Waals surface area contributed by atoms with Gasteiger partial charge < -0.3 is 28.8 Å². The second-order valence-corrected chi connectivity index (χ2v) is 10.1. The van der Waals surface area contributed by atoms with Gasteiger partial charge in [-0.25, -0.2) is 4.98 Å². The molecule has 0 atom stereocenters. The molecule has 0 radical (unpaired) electrons. The van der Waals surface area contributed by atoms with Gasteiger partial charge in [-0.05, 0) is 74.2 Å². The quantitative estimate of drug-likeness (QED) is 0.148. The SMILES string of the molecule is COc1cc(C(=O)NCCCCCc2nc3ccccc3n2CCCCOc2ccc(Cl)cc2)cc(OC)c1OC. The number of carbonyl (C=O) groups excluding carboxylic acids is 1. The number of imidazole rings is 1. The number of nitrogens with zero attached hydrogens (tertiary/aromatic N) is 2. The molecule has 0 aliphatic heterocycles. The summed E-state index contributed by atoms with van der Waals surface area (Å²) in [5.41, 5.74) is 2.66. The number of rotatable bonds is 16. The van der Waals surface area contributed by atoms with Crippen LogP contribution in [-0.4, -0.2) is 49.9 Å². The van der Waals surface area contributed by atoms with Gasteiger partial charge in [-0.3, -0.25) is 4.79 Å². The van der Waals surface area contributed by atoms with Crippen LogP contribution in [0.4, 0.5) is 0 Å². The van der Waals surface area contributed by atoms with Gasteiger partial charge in [0.2, 0.25) is 5.75 Å². The molecule has 1 N–H and O–H groups in total. The van der Waals surface area contributed by atoms with E-state index in [1.807, 2.05) is 30.3 Å². The molecule has 8 nitrogen and oxygen atoms in total. The lowest BCUT2D eigenvalue weighted by atomic mass is 10.1. The lowest BCUT2D eigenvalue weighted by molar-refractivity contribution is 0.0952. The summed E-state index contributed by atoms with van der Waals surface area (Å²) < 4.78 is 24.2. The number of nitrogens with one attached hydrogen (secondary N) is 1. The zero-order chi connectivity index (χ0) is 29.0. The van der Waals surface area contributed by atoms with E-state index in [9.17, 15) is 4.79 Å². The Hall–Kier alpha value is -3.91. The van der Waals surface area contributed by atoms with Crippen molar-refractivity contribution >= 4 is 28.5 Å². The number of benzene rings is 3. The van der Waals surface area contributed by atoms with Gasteiger partial charge in [-0.1, -0.05) is 30.2 Å². The Morgan fingerprint density at radius 2 is 1.61 bits per heavy atom. The van der Waals surface area contributed by atoms with Crippen molar-refractivity contribution in [3.05, 3.63) is 77.1 Å². The molecule has 1 amide bonds. The smallest absolute Gasteiger partial charge is 0.251 e. The van der Waals surface area contributed by atoms with Gasteiger partial charge in [0.25, 0.3) is 5.91 Å². The molecular weight excluding hydrogens is 542 g/mol. The number of hydrogen-bond donors (Lipinski definition) is 1. The van der Waals surface area contributed by atoms with Gasteiger partial charge in [-0.2, -0.15) is 0 Å². The normalized spacial score (nSPS) is 10.9. The molecule has 0 aliphatic rings. The Bertz CT molecular complexity index is 1400. The third-order valence-electron chi connectivity index (χ3n) is 6.88. The van der Waals surface area contributed by atoms with Crippen LogP contribution in [0.5, 0.6) is 23.0 Å². The Labute approximate surface area is 246 Å². The zero-order valence-corrected chi connectivity index (χ0v) is 24.7. The maximum absolute atomic E-state index is 12.7. The van der Waals surface area contributed by atoms with Gasteiger partial charge in [0.1, 0.15) is 11.6 Å². The first-order chi connectivity index (χ1) is 20.0. The van der Waals surface area contributed by atoms with Gasteiger partial charge >= 0.3 is 0 Å². The molecular formula is C32H38ClN3O5. The fourth-order valence-electron chi connectivity index (χ4n) is 4.76. The fraction of sp³-hybridized carbons (Fsp3) is 0.375. The second-order valence-electron chi connectivity index (χ2n) is 9.66. The summed E-state index contributed by atoms with van der Waals surface area (Å²) in [5, 5.41) is 3.70. The molecule has 0 bridgehead atoms. The number of para-hydroxylation sites is 2. The fourth-order valence-corrected chi connectivity index (χ4v) is 4.89. The van der Waals surface area contributed by atoms with E-state index in [4.69, 9.17) is 35.5 Å². The molecule has 0 spiro atoms. The molecule has 41 heavy (non-hydrogen) atoms. The van der Waals surface area contributed by atoms with Crippen LogP contribution >= 0.6 is 11.6 Å². The highest BCUT2D eigenvalue weighted by Gasteiger charge is 2.17. The van der Waals surface area contributed by atoms with E-state index in [1.54, 1.807) is 12.1 Å². The summed E-state index contributed by atoms with van der Waals surface area (Å²) in [6.45, 7) is 2.13. The molecule has 0 saturated heterocycles. The van der Waals surface area contributed by atoms with Crippen molar-refractivity contribution < 1.29 is 23.7 Å². The number of hydrogen-bond acceptors (Lipinski definition) is 6. The number of aromatic nitrogens is 2. The van der Waals surface area contributed by atoms with Crippen molar-refractivity contribution in [3.63, 3.8) is 0 Å². The minimum absolute atomic E-state index is 0.175. The largest absolute Gasteiger partial charge is 0.494 e. The average Bonchev–Trinajstić information content (AvgIpc) is 3.35. The minimum Gasteiger partial charge on any atom is -0.494 e. The van der Waals surface area contributed by atoms with Gasteiger partial charge in [0.15, 0.2) is 11.5 Å². The van der Waals surface area contributed by atoms with Crippen molar-refractivity contribution in [2.24, 2.45) is 0 Å². The first kappa shape index (κ1) is 30.1. The van der Waals surface area contributed by atoms with Crippen molar-refractivity contribution in [3.8, 4) is 23.0 Å². The summed E-state index contributed by atoms with van der Waals surface area (Å²) >= 11 is 5.95. The van der Waals surface area contributed by atoms with E-state index in [-0.39, 0.29) is 5.91 Å². The van der Waals surface area contributed by atoms with Crippen LogP contribution in [0.25, 0.3) is 11.0 Å². The predicted molar refractivity (Wildman–Crippen MR) is 162 cm³/mol. The van der Waals surface area contributed by atoms with E-state index in [0.717, 1.165) is 62.2 Å². The molecule has 1 aromatic heterocycles. The Morgan fingerprint density at radius 1 is 0.878 bits per heavy atom. The van der Waals surface area contributed by atoms with Gasteiger partial charge in [-0.15, -0.1) is 0 Å².